The summed E-state index contributed by atoms with van der Waals surface area (Å²) in [5, 5.41) is 9.75. The van der Waals surface area contributed by atoms with E-state index in [2.05, 4.69) is 9.47 Å². The fourth-order valence-corrected chi connectivity index (χ4v) is 1.34. The topological polar surface area (TPSA) is 89.9 Å². The van der Waals surface area contributed by atoms with Crippen molar-refractivity contribution in [2.24, 2.45) is 11.3 Å². The Kier molecular flexibility index (Phi) is 5.97. The van der Waals surface area contributed by atoms with Crippen LogP contribution in [0.4, 0.5) is 0 Å². The van der Waals surface area contributed by atoms with E-state index in [4.69, 9.17) is 0 Å². The maximum atomic E-state index is 12.0. The van der Waals surface area contributed by atoms with Gasteiger partial charge in [0, 0.05) is 5.41 Å². The molecule has 0 rings (SSSR count). The van der Waals surface area contributed by atoms with Crippen molar-refractivity contribution in [3.8, 4) is 0 Å². The fraction of sp³-hybridized carbons (Fsp3) is 0.750. The number of carbonyl (C=O) groups is 3. The van der Waals surface area contributed by atoms with Gasteiger partial charge >= 0.3 is 11.9 Å². The molecule has 0 aliphatic heterocycles. The molecule has 0 radical (unpaired) electrons. The van der Waals surface area contributed by atoms with Gasteiger partial charge in [0.25, 0.3) is 0 Å². The minimum Gasteiger partial charge on any atom is -0.468 e. The maximum absolute atomic E-state index is 12.0. The van der Waals surface area contributed by atoms with Crippen molar-refractivity contribution in [2.45, 2.75) is 33.8 Å². The SMILES string of the molecule is CCOC(=O)C(O)C(C(=O)OC)C(=O)C(C)(C)C. The second kappa shape index (κ2) is 6.49. The van der Waals surface area contributed by atoms with Crippen LogP contribution in [0.2, 0.25) is 0 Å². The molecular formula is C12H20O6. The summed E-state index contributed by atoms with van der Waals surface area (Å²) in [6.07, 6.45) is -1.84. The lowest BCUT2D eigenvalue weighted by Gasteiger charge is -2.25. The summed E-state index contributed by atoms with van der Waals surface area (Å²) in [5.74, 6) is -4.09. The number of esters is 2. The molecule has 0 aliphatic rings. The number of aliphatic hydroxyl groups excluding tert-OH is 1. The molecule has 0 heterocycles. The molecule has 0 aromatic heterocycles. The third-order valence-corrected chi connectivity index (χ3v) is 2.32. The number of ether oxygens (including phenoxy) is 2. The molecule has 0 spiro atoms. The largest absolute Gasteiger partial charge is 0.468 e. The Labute approximate surface area is 106 Å². The lowest BCUT2D eigenvalue weighted by Crippen LogP contribution is -2.45. The van der Waals surface area contributed by atoms with E-state index in [0.29, 0.717) is 0 Å². The summed E-state index contributed by atoms with van der Waals surface area (Å²) < 4.78 is 9.04. The second-order valence-corrected chi connectivity index (χ2v) is 4.81. The van der Waals surface area contributed by atoms with E-state index in [0.717, 1.165) is 7.11 Å². The predicted molar refractivity (Wildman–Crippen MR) is 62.6 cm³/mol. The first-order valence-corrected chi connectivity index (χ1v) is 5.63. The molecule has 0 aromatic carbocycles. The normalized spacial score (nSPS) is 14.6. The minimum absolute atomic E-state index is 0.0491. The van der Waals surface area contributed by atoms with Crippen LogP contribution in [0, 0.1) is 11.3 Å². The molecule has 0 saturated carbocycles. The average molecular weight is 260 g/mol. The first kappa shape index (κ1) is 16.6. The summed E-state index contributed by atoms with van der Waals surface area (Å²) >= 11 is 0. The Morgan fingerprint density at radius 3 is 2.00 bits per heavy atom. The van der Waals surface area contributed by atoms with Crippen molar-refractivity contribution in [1.29, 1.82) is 0 Å². The molecule has 2 unspecified atom stereocenters. The van der Waals surface area contributed by atoms with Gasteiger partial charge in [-0.1, -0.05) is 20.8 Å². The fourth-order valence-electron chi connectivity index (χ4n) is 1.34. The van der Waals surface area contributed by atoms with Gasteiger partial charge in [-0.15, -0.1) is 0 Å². The Morgan fingerprint density at radius 2 is 1.67 bits per heavy atom. The van der Waals surface area contributed by atoms with E-state index in [1.54, 1.807) is 27.7 Å². The Bertz CT molecular complexity index is 328. The van der Waals surface area contributed by atoms with Crippen LogP contribution in [0.3, 0.4) is 0 Å². The standard InChI is InChI=1S/C12H20O6/c1-6-18-11(16)8(13)7(10(15)17-5)9(14)12(2,3)4/h7-8,13H,6H2,1-5H3. The summed E-state index contributed by atoms with van der Waals surface area (Å²) in [4.78, 5) is 35.0. The molecule has 0 aliphatic carbocycles. The van der Waals surface area contributed by atoms with Crippen LogP contribution in [-0.4, -0.2) is 42.6 Å². The van der Waals surface area contributed by atoms with Crippen molar-refractivity contribution >= 4 is 17.7 Å². The highest BCUT2D eigenvalue weighted by Crippen LogP contribution is 2.24. The highest BCUT2D eigenvalue weighted by atomic mass is 16.5. The number of hydrogen-bond acceptors (Lipinski definition) is 6. The zero-order valence-electron chi connectivity index (χ0n) is 11.4. The van der Waals surface area contributed by atoms with Gasteiger partial charge < -0.3 is 14.6 Å². The molecule has 1 N–H and O–H groups in total. The number of carbonyl (C=O) groups excluding carboxylic acids is 3. The number of rotatable bonds is 5. The van der Waals surface area contributed by atoms with Crippen molar-refractivity contribution in [3.63, 3.8) is 0 Å². The monoisotopic (exact) mass is 260 g/mol. The summed E-state index contributed by atoms with van der Waals surface area (Å²) in [6, 6.07) is 0. The number of aliphatic hydroxyl groups is 1. The molecule has 0 bridgehead atoms. The van der Waals surface area contributed by atoms with Gasteiger partial charge in [0.15, 0.2) is 17.8 Å². The first-order chi connectivity index (χ1) is 8.16. The van der Waals surface area contributed by atoms with Crippen molar-refractivity contribution in [3.05, 3.63) is 0 Å². The van der Waals surface area contributed by atoms with Crippen LogP contribution in [0.15, 0.2) is 0 Å². The molecule has 0 aromatic rings. The van der Waals surface area contributed by atoms with Crippen LogP contribution in [0.5, 0.6) is 0 Å². The van der Waals surface area contributed by atoms with E-state index in [1.165, 1.54) is 0 Å². The van der Waals surface area contributed by atoms with Crippen molar-refractivity contribution < 1.29 is 29.0 Å². The van der Waals surface area contributed by atoms with Gasteiger partial charge in [-0.05, 0) is 6.92 Å². The highest BCUT2D eigenvalue weighted by molar-refractivity contribution is 6.05. The van der Waals surface area contributed by atoms with E-state index < -0.39 is 35.2 Å². The summed E-state index contributed by atoms with van der Waals surface area (Å²) in [6.45, 7) is 6.37. The lowest BCUT2D eigenvalue weighted by atomic mass is 9.80. The Hall–Kier alpha value is -1.43. The highest BCUT2D eigenvalue weighted by Gasteiger charge is 2.44. The van der Waals surface area contributed by atoms with Crippen LogP contribution in [-0.2, 0) is 23.9 Å². The minimum atomic E-state index is -1.84. The number of Topliss-reactive ketones (excluding diaryl/α,β-unsaturated/α-hetero) is 1. The quantitative estimate of drug-likeness (QED) is 0.565. The van der Waals surface area contributed by atoms with Crippen LogP contribution < -0.4 is 0 Å². The summed E-state index contributed by atoms with van der Waals surface area (Å²) in [7, 11) is 1.09. The Morgan fingerprint density at radius 1 is 1.17 bits per heavy atom. The molecule has 6 nitrogen and oxygen atoms in total. The molecule has 0 amide bonds. The molecule has 0 fully saturated rings. The number of ketones is 1. The molecule has 18 heavy (non-hydrogen) atoms. The van der Waals surface area contributed by atoms with Gasteiger partial charge in [-0.25, -0.2) is 4.79 Å². The van der Waals surface area contributed by atoms with E-state index in [-0.39, 0.29) is 6.61 Å². The number of hydrogen-bond donors (Lipinski definition) is 1. The van der Waals surface area contributed by atoms with Crippen LogP contribution in [0.25, 0.3) is 0 Å². The van der Waals surface area contributed by atoms with Gasteiger partial charge in [-0.2, -0.15) is 0 Å². The van der Waals surface area contributed by atoms with Gasteiger partial charge in [0.05, 0.1) is 13.7 Å². The molecule has 0 saturated heterocycles. The van der Waals surface area contributed by atoms with E-state index in [1.807, 2.05) is 0 Å². The molecular weight excluding hydrogens is 240 g/mol. The molecule has 2 atom stereocenters. The van der Waals surface area contributed by atoms with Crippen molar-refractivity contribution in [2.75, 3.05) is 13.7 Å². The first-order valence-electron chi connectivity index (χ1n) is 5.63. The van der Waals surface area contributed by atoms with Crippen LogP contribution >= 0.6 is 0 Å². The van der Waals surface area contributed by atoms with Crippen LogP contribution in [0.1, 0.15) is 27.7 Å². The second-order valence-electron chi connectivity index (χ2n) is 4.81. The average Bonchev–Trinajstić information content (AvgIpc) is 2.27. The third-order valence-electron chi connectivity index (χ3n) is 2.32. The predicted octanol–water partition coefficient (Wildman–Crippen LogP) is 0.315. The smallest absolute Gasteiger partial charge is 0.336 e. The van der Waals surface area contributed by atoms with Crippen molar-refractivity contribution in [1.82, 2.24) is 0 Å². The van der Waals surface area contributed by atoms with E-state index >= 15 is 0 Å². The zero-order valence-corrected chi connectivity index (χ0v) is 11.4. The van der Waals surface area contributed by atoms with Gasteiger partial charge in [0.2, 0.25) is 0 Å². The molecule has 6 heteroatoms. The number of methoxy groups -OCH3 is 1. The maximum Gasteiger partial charge on any atom is 0.336 e. The Balaban J connectivity index is 5.19. The van der Waals surface area contributed by atoms with Gasteiger partial charge in [-0.3, -0.25) is 9.59 Å². The summed E-state index contributed by atoms with van der Waals surface area (Å²) in [5.41, 5.74) is -0.883. The van der Waals surface area contributed by atoms with E-state index in [9.17, 15) is 19.5 Å². The lowest BCUT2D eigenvalue weighted by molar-refractivity contribution is -0.169. The van der Waals surface area contributed by atoms with Gasteiger partial charge in [0.1, 0.15) is 0 Å². The molecule has 104 valence electrons. The zero-order chi connectivity index (χ0) is 14.5. The third kappa shape index (κ3) is 4.10.